The van der Waals surface area contributed by atoms with Gasteiger partial charge in [-0.3, -0.25) is 0 Å². The Morgan fingerprint density at radius 1 is 1.31 bits per heavy atom. The molecule has 3 heteroatoms. The molecule has 0 heterocycles. The maximum atomic E-state index is 13.4. The standard InChI is InChI=1S/C13H19ClFN/c1-4-5-16(10(2)3)13-7-11(9-14)6-12(15)8-13/h6-8,10H,4-5,9H2,1-3H3. The van der Waals surface area contributed by atoms with Gasteiger partial charge in [0.15, 0.2) is 0 Å². The van der Waals surface area contributed by atoms with Crippen LogP contribution in [0.25, 0.3) is 0 Å². The Labute approximate surface area is 102 Å². The van der Waals surface area contributed by atoms with Gasteiger partial charge in [0.2, 0.25) is 0 Å². The summed E-state index contributed by atoms with van der Waals surface area (Å²) >= 11 is 5.75. The highest BCUT2D eigenvalue weighted by Gasteiger charge is 2.11. The molecule has 0 fully saturated rings. The minimum absolute atomic E-state index is 0.213. The van der Waals surface area contributed by atoms with Gasteiger partial charge in [0, 0.05) is 24.2 Å². The third-order valence-electron chi connectivity index (χ3n) is 2.52. The first-order valence-corrected chi connectivity index (χ1v) is 6.24. The van der Waals surface area contributed by atoms with E-state index in [1.54, 1.807) is 6.07 Å². The average Bonchev–Trinajstić information content (AvgIpc) is 2.24. The van der Waals surface area contributed by atoms with Gasteiger partial charge >= 0.3 is 0 Å². The first-order chi connectivity index (χ1) is 7.58. The van der Waals surface area contributed by atoms with Crippen molar-refractivity contribution in [2.75, 3.05) is 11.4 Å². The Morgan fingerprint density at radius 3 is 2.50 bits per heavy atom. The SMILES string of the molecule is CCCN(c1cc(F)cc(CCl)c1)C(C)C. The lowest BCUT2D eigenvalue weighted by molar-refractivity contribution is 0.619. The Kier molecular flexibility index (Phi) is 5.07. The van der Waals surface area contributed by atoms with Crippen LogP contribution in [0.3, 0.4) is 0 Å². The highest BCUT2D eigenvalue weighted by atomic mass is 35.5. The molecule has 0 atom stereocenters. The molecule has 0 radical (unpaired) electrons. The largest absolute Gasteiger partial charge is 0.369 e. The lowest BCUT2D eigenvalue weighted by Gasteiger charge is -2.29. The fourth-order valence-corrected chi connectivity index (χ4v) is 1.96. The number of alkyl halides is 1. The molecule has 0 bridgehead atoms. The average molecular weight is 244 g/mol. The maximum Gasteiger partial charge on any atom is 0.125 e. The number of hydrogen-bond donors (Lipinski definition) is 0. The zero-order chi connectivity index (χ0) is 12.1. The number of rotatable bonds is 5. The van der Waals surface area contributed by atoms with Crippen molar-refractivity contribution in [3.05, 3.63) is 29.6 Å². The van der Waals surface area contributed by atoms with Gasteiger partial charge in [-0.1, -0.05) is 6.92 Å². The minimum atomic E-state index is -0.213. The molecule has 0 saturated heterocycles. The van der Waals surface area contributed by atoms with E-state index in [1.165, 1.54) is 6.07 Å². The van der Waals surface area contributed by atoms with E-state index in [0.717, 1.165) is 24.2 Å². The first-order valence-electron chi connectivity index (χ1n) is 5.70. The molecule has 0 aromatic heterocycles. The molecule has 0 N–H and O–H groups in total. The van der Waals surface area contributed by atoms with Crippen LogP contribution < -0.4 is 4.90 Å². The van der Waals surface area contributed by atoms with Crippen LogP contribution in [0.1, 0.15) is 32.8 Å². The summed E-state index contributed by atoms with van der Waals surface area (Å²) in [7, 11) is 0. The highest BCUT2D eigenvalue weighted by molar-refractivity contribution is 6.17. The van der Waals surface area contributed by atoms with E-state index in [0.29, 0.717) is 11.9 Å². The second-order valence-corrected chi connectivity index (χ2v) is 4.51. The third kappa shape index (κ3) is 3.38. The van der Waals surface area contributed by atoms with Crippen molar-refractivity contribution in [1.82, 2.24) is 0 Å². The van der Waals surface area contributed by atoms with Crippen molar-refractivity contribution in [3.8, 4) is 0 Å². The van der Waals surface area contributed by atoms with Gasteiger partial charge < -0.3 is 4.90 Å². The van der Waals surface area contributed by atoms with Crippen molar-refractivity contribution in [3.63, 3.8) is 0 Å². The predicted molar refractivity (Wildman–Crippen MR) is 68.7 cm³/mol. The molecule has 0 saturated carbocycles. The van der Waals surface area contributed by atoms with E-state index >= 15 is 0 Å². The fourth-order valence-electron chi connectivity index (χ4n) is 1.80. The van der Waals surface area contributed by atoms with Gasteiger partial charge in [-0.2, -0.15) is 0 Å². The number of halogens is 2. The fraction of sp³-hybridized carbons (Fsp3) is 0.538. The van der Waals surface area contributed by atoms with Crippen molar-refractivity contribution in [2.45, 2.75) is 39.1 Å². The van der Waals surface area contributed by atoms with E-state index in [-0.39, 0.29) is 5.82 Å². The molecule has 1 nitrogen and oxygen atoms in total. The van der Waals surface area contributed by atoms with E-state index in [9.17, 15) is 4.39 Å². The van der Waals surface area contributed by atoms with Crippen LogP contribution >= 0.6 is 11.6 Å². The third-order valence-corrected chi connectivity index (χ3v) is 2.82. The summed E-state index contributed by atoms with van der Waals surface area (Å²) < 4.78 is 13.4. The molecule has 0 aliphatic carbocycles. The van der Waals surface area contributed by atoms with Crippen LogP contribution in [0.2, 0.25) is 0 Å². The molecule has 90 valence electrons. The Hall–Kier alpha value is -0.760. The first kappa shape index (κ1) is 13.3. The number of benzene rings is 1. The second-order valence-electron chi connectivity index (χ2n) is 4.24. The Bertz CT molecular complexity index is 339. The summed E-state index contributed by atoms with van der Waals surface area (Å²) in [5, 5.41) is 0. The lowest BCUT2D eigenvalue weighted by Crippen LogP contribution is -2.31. The van der Waals surface area contributed by atoms with Crippen LogP contribution in [0, 0.1) is 5.82 Å². The lowest BCUT2D eigenvalue weighted by atomic mass is 10.1. The zero-order valence-corrected chi connectivity index (χ0v) is 10.9. The summed E-state index contributed by atoms with van der Waals surface area (Å²) in [6.45, 7) is 7.28. The molecule has 0 aliphatic rings. The summed E-state index contributed by atoms with van der Waals surface area (Å²) in [4.78, 5) is 2.19. The summed E-state index contributed by atoms with van der Waals surface area (Å²) in [6.07, 6.45) is 1.05. The maximum absolute atomic E-state index is 13.4. The second kappa shape index (κ2) is 6.09. The van der Waals surface area contributed by atoms with Crippen molar-refractivity contribution in [2.24, 2.45) is 0 Å². The monoisotopic (exact) mass is 243 g/mol. The highest BCUT2D eigenvalue weighted by Crippen LogP contribution is 2.22. The quantitative estimate of drug-likeness (QED) is 0.701. The van der Waals surface area contributed by atoms with E-state index in [2.05, 4.69) is 25.7 Å². The van der Waals surface area contributed by atoms with E-state index < -0.39 is 0 Å². The number of anilines is 1. The summed E-state index contributed by atoms with van der Waals surface area (Å²) in [5.41, 5.74) is 1.76. The molecule has 1 rings (SSSR count). The molecular weight excluding hydrogens is 225 g/mol. The van der Waals surface area contributed by atoms with Crippen LogP contribution in [0.4, 0.5) is 10.1 Å². The number of hydrogen-bond acceptors (Lipinski definition) is 1. The predicted octanol–water partition coefficient (Wildman–Crippen LogP) is 4.19. The van der Waals surface area contributed by atoms with E-state index in [1.807, 2.05) is 6.07 Å². The van der Waals surface area contributed by atoms with Gasteiger partial charge in [0.1, 0.15) is 5.82 Å². The van der Waals surface area contributed by atoms with Crippen LogP contribution in [0.15, 0.2) is 18.2 Å². The van der Waals surface area contributed by atoms with Gasteiger partial charge in [-0.25, -0.2) is 4.39 Å². The zero-order valence-electron chi connectivity index (χ0n) is 10.1. The molecule has 0 spiro atoms. The van der Waals surface area contributed by atoms with Crippen molar-refractivity contribution < 1.29 is 4.39 Å². The van der Waals surface area contributed by atoms with Gasteiger partial charge in [0.25, 0.3) is 0 Å². The molecule has 1 aromatic rings. The molecular formula is C13H19ClFN. The minimum Gasteiger partial charge on any atom is -0.369 e. The van der Waals surface area contributed by atoms with E-state index in [4.69, 9.17) is 11.6 Å². The molecule has 0 amide bonds. The molecule has 0 aliphatic heterocycles. The summed E-state index contributed by atoms with van der Waals surface area (Å²) in [6, 6.07) is 5.39. The van der Waals surface area contributed by atoms with Crippen LogP contribution in [0.5, 0.6) is 0 Å². The Morgan fingerprint density at radius 2 is 2.00 bits per heavy atom. The Balaban J connectivity index is 3.03. The van der Waals surface area contributed by atoms with Crippen LogP contribution in [-0.4, -0.2) is 12.6 Å². The van der Waals surface area contributed by atoms with Crippen molar-refractivity contribution >= 4 is 17.3 Å². The normalized spacial score (nSPS) is 10.9. The van der Waals surface area contributed by atoms with Crippen LogP contribution in [-0.2, 0) is 5.88 Å². The summed E-state index contributed by atoms with van der Waals surface area (Å²) in [5.74, 6) is 0.137. The molecule has 0 unspecified atom stereocenters. The topological polar surface area (TPSA) is 3.24 Å². The molecule has 1 aromatic carbocycles. The van der Waals surface area contributed by atoms with Gasteiger partial charge in [-0.15, -0.1) is 11.6 Å². The van der Waals surface area contributed by atoms with Crippen molar-refractivity contribution in [1.29, 1.82) is 0 Å². The smallest absolute Gasteiger partial charge is 0.125 e. The number of nitrogens with zero attached hydrogens (tertiary/aromatic N) is 1. The molecule has 16 heavy (non-hydrogen) atoms. The van der Waals surface area contributed by atoms with Gasteiger partial charge in [0.05, 0.1) is 0 Å². The van der Waals surface area contributed by atoms with Gasteiger partial charge in [-0.05, 0) is 44.0 Å².